The first kappa shape index (κ1) is 15.8. The Labute approximate surface area is 117 Å². The predicted octanol–water partition coefficient (Wildman–Crippen LogP) is 3.75. The van der Waals surface area contributed by atoms with E-state index in [9.17, 15) is 0 Å². The second kappa shape index (κ2) is 8.81. The van der Waals surface area contributed by atoms with Crippen molar-refractivity contribution >= 4 is 0 Å². The molecule has 0 fully saturated rings. The lowest BCUT2D eigenvalue weighted by molar-refractivity contribution is 0.230. The van der Waals surface area contributed by atoms with Gasteiger partial charge in [0.1, 0.15) is 11.5 Å². The molecule has 19 heavy (non-hydrogen) atoms. The number of unbranched alkanes of at least 4 members (excludes halogenated alkanes) is 1. The fourth-order valence-electron chi connectivity index (χ4n) is 2.07. The summed E-state index contributed by atoms with van der Waals surface area (Å²) in [6, 6.07) is 5.82. The smallest absolute Gasteiger partial charge is 0.127 e. The molecule has 1 aromatic rings. The number of benzene rings is 1. The Bertz CT molecular complexity index is 366. The van der Waals surface area contributed by atoms with Gasteiger partial charge in [-0.05, 0) is 18.4 Å². The Morgan fingerprint density at radius 3 is 2.63 bits per heavy atom. The summed E-state index contributed by atoms with van der Waals surface area (Å²) in [5, 5.41) is 0. The maximum absolute atomic E-state index is 5.96. The summed E-state index contributed by atoms with van der Waals surface area (Å²) in [6.45, 7) is 5.70. The summed E-state index contributed by atoms with van der Waals surface area (Å²) in [5.74, 6) is 2.29. The van der Waals surface area contributed by atoms with E-state index >= 15 is 0 Å². The number of ether oxygens (including phenoxy) is 2. The molecular weight excluding hydrogens is 238 g/mol. The van der Waals surface area contributed by atoms with Gasteiger partial charge in [-0.2, -0.15) is 0 Å². The average molecular weight is 265 g/mol. The lowest BCUT2D eigenvalue weighted by atomic mass is 10.0. The fourth-order valence-corrected chi connectivity index (χ4v) is 2.07. The SMILES string of the molecule is CCCCC(CC)COc1cc(OC)ccc1CN. The minimum absolute atomic E-state index is 0.491. The van der Waals surface area contributed by atoms with Crippen LogP contribution in [0.4, 0.5) is 0 Å². The summed E-state index contributed by atoms with van der Waals surface area (Å²) in [4.78, 5) is 0. The summed E-state index contributed by atoms with van der Waals surface area (Å²) >= 11 is 0. The molecule has 3 heteroatoms. The van der Waals surface area contributed by atoms with Crippen LogP contribution in [-0.2, 0) is 6.54 Å². The second-order valence-electron chi connectivity index (χ2n) is 4.91. The summed E-state index contributed by atoms with van der Waals surface area (Å²) < 4.78 is 11.2. The highest BCUT2D eigenvalue weighted by Crippen LogP contribution is 2.25. The van der Waals surface area contributed by atoms with E-state index in [4.69, 9.17) is 15.2 Å². The van der Waals surface area contributed by atoms with E-state index in [0.29, 0.717) is 12.5 Å². The van der Waals surface area contributed by atoms with Crippen molar-refractivity contribution < 1.29 is 9.47 Å². The van der Waals surface area contributed by atoms with E-state index in [2.05, 4.69) is 13.8 Å². The van der Waals surface area contributed by atoms with Crippen LogP contribution in [0.5, 0.6) is 11.5 Å². The quantitative estimate of drug-likeness (QED) is 0.739. The van der Waals surface area contributed by atoms with Crippen molar-refractivity contribution in [2.45, 2.75) is 46.1 Å². The largest absolute Gasteiger partial charge is 0.497 e. The average Bonchev–Trinajstić information content (AvgIpc) is 2.47. The molecule has 0 saturated carbocycles. The van der Waals surface area contributed by atoms with Gasteiger partial charge in [0.05, 0.1) is 13.7 Å². The molecular formula is C16H27NO2. The van der Waals surface area contributed by atoms with Crippen molar-refractivity contribution in [3.05, 3.63) is 23.8 Å². The molecule has 0 saturated heterocycles. The third-order valence-electron chi connectivity index (χ3n) is 3.51. The van der Waals surface area contributed by atoms with Crippen molar-refractivity contribution in [2.24, 2.45) is 11.7 Å². The Morgan fingerprint density at radius 1 is 1.26 bits per heavy atom. The first-order chi connectivity index (χ1) is 9.24. The summed E-state index contributed by atoms with van der Waals surface area (Å²) in [5.41, 5.74) is 6.77. The number of nitrogens with two attached hydrogens (primary N) is 1. The zero-order valence-corrected chi connectivity index (χ0v) is 12.4. The minimum atomic E-state index is 0.491. The number of methoxy groups -OCH3 is 1. The Hall–Kier alpha value is -1.22. The molecule has 0 aliphatic heterocycles. The molecule has 108 valence electrons. The van der Waals surface area contributed by atoms with Crippen LogP contribution in [0.15, 0.2) is 18.2 Å². The third kappa shape index (κ3) is 5.11. The maximum atomic E-state index is 5.96. The zero-order valence-electron chi connectivity index (χ0n) is 12.4. The van der Waals surface area contributed by atoms with Gasteiger partial charge in [-0.15, -0.1) is 0 Å². The van der Waals surface area contributed by atoms with E-state index in [0.717, 1.165) is 30.1 Å². The topological polar surface area (TPSA) is 44.5 Å². The van der Waals surface area contributed by atoms with Crippen LogP contribution in [0.2, 0.25) is 0 Å². The molecule has 0 aliphatic carbocycles. The second-order valence-corrected chi connectivity index (χ2v) is 4.91. The van der Waals surface area contributed by atoms with Crippen molar-refractivity contribution in [1.29, 1.82) is 0 Å². The van der Waals surface area contributed by atoms with Crippen molar-refractivity contribution in [3.63, 3.8) is 0 Å². The highest BCUT2D eigenvalue weighted by molar-refractivity contribution is 5.40. The Balaban J connectivity index is 2.63. The highest BCUT2D eigenvalue weighted by Gasteiger charge is 2.09. The Kier molecular flexibility index (Phi) is 7.34. The van der Waals surface area contributed by atoms with E-state index in [-0.39, 0.29) is 0 Å². The standard InChI is InChI=1S/C16H27NO2/c1-4-6-7-13(5-2)12-19-16-10-15(18-3)9-8-14(16)11-17/h8-10,13H,4-7,11-12,17H2,1-3H3. The number of hydrogen-bond acceptors (Lipinski definition) is 3. The molecule has 0 amide bonds. The number of rotatable bonds is 9. The van der Waals surface area contributed by atoms with Crippen LogP contribution < -0.4 is 15.2 Å². The lowest BCUT2D eigenvalue weighted by Crippen LogP contribution is -2.13. The molecule has 0 bridgehead atoms. The number of hydrogen-bond donors (Lipinski definition) is 1. The molecule has 0 heterocycles. The summed E-state index contributed by atoms with van der Waals surface area (Å²) in [6.07, 6.45) is 4.89. The summed E-state index contributed by atoms with van der Waals surface area (Å²) in [7, 11) is 1.66. The lowest BCUT2D eigenvalue weighted by Gasteiger charge is -2.17. The molecule has 1 aromatic carbocycles. The molecule has 1 atom stereocenters. The van der Waals surface area contributed by atoms with Crippen molar-refractivity contribution in [1.82, 2.24) is 0 Å². The molecule has 0 aliphatic rings. The zero-order chi connectivity index (χ0) is 14.1. The van der Waals surface area contributed by atoms with E-state index < -0.39 is 0 Å². The van der Waals surface area contributed by atoms with Crippen LogP contribution in [-0.4, -0.2) is 13.7 Å². The predicted molar refractivity (Wildman–Crippen MR) is 79.7 cm³/mol. The monoisotopic (exact) mass is 265 g/mol. The van der Waals surface area contributed by atoms with Crippen LogP contribution in [0.3, 0.4) is 0 Å². The fraction of sp³-hybridized carbons (Fsp3) is 0.625. The van der Waals surface area contributed by atoms with Gasteiger partial charge in [0.15, 0.2) is 0 Å². The molecule has 1 unspecified atom stereocenters. The van der Waals surface area contributed by atoms with Gasteiger partial charge in [0.25, 0.3) is 0 Å². The first-order valence-corrected chi connectivity index (χ1v) is 7.24. The van der Waals surface area contributed by atoms with Gasteiger partial charge in [0.2, 0.25) is 0 Å². The molecule has 0 spiro atoms. The Morgan fingerprint density at radius 2 is 2.05 bits per heavy atom. The van der Waals surface area contributed by atoms with Gasteiger partial charge in [-0.25, -0.2) is 0 Å². The van der Waals surface area contributed by atoms with Gasteiger partial charge in [-0.1, -0.05) is 39.2 Å². The van der Waals surface area contributed by atoms with E-state index in [1.165, 1.54) is 19.3 Å². The van der Waals surface area contributed by atoms with Gasteiger partial charge in [0, 0.05) is 18.2 Å². The van der Waals surface area contributed by atoms with E-state index in [1.807, 2.05) is 18.2 Å². The van der Waals surface area contributed by atoms with Gasteiger partial charge in [-0.3, -0.25) is 0 Å². The normalized spacial score (nSPS) is 12.2. The van der Waals surface area contributed by atoms with E-state index in [1.54, 1.807) is 7.11 Å². The maximum Gasteiger partial charge on any atom is 0.127 e. The van der Waals surface area contributed by atoms with Crippen LogP contribution in [0, 0.1) is 5.92 Å². The van der Waals surface area contributed by atoms with Gasteiger partial charge >= 0.3 is 0 Å². The molecule has 0 aromatic heterocycles. The van der Waals surface area contributed by atoms with Crippen LogP contribution >= 0.6 is 0 Å². The minimum Gasteiger partial charge on any atom is -0.497 e. The molecule has 3 nitrogen and oxygen atoms in total. The van der Waals surface area contributed by atoms with Crippen molar-refractivity contribution in [2.75, 3.05) is 13.7 Å². The first-order valence-electron chi connectivity index (χ1n) is 7.24. The third-order valence-corrected chi connectivity index (χ3v) is 3.51. The van der Waals surface area contributed by atoms with Crippen LogP contribution in [0.25, 0.3) is 0 Å². The molecule has 2 N–H and O–H groups in total. The molecule has 1 rings (SSSR count). The van der Waals surface area contributed by atoms with Crippen molar-refractivity contribution in [3.8, 4) is 11.5 Å². The van der Waals surface area contributed by atoms with Gasteiger partial charge < -0.3 is 15.2 Å². The highest BCUT2D eigenvalue weighted by atomic mass is 16.5. The molecule has 0 radical (unpaired) electrons. The van der Waals surface area contributed by atoms with Crippen LogP contribution in [0.1, 0.15) is 45.1 Å².